The molecule has 0 spiro atoms. The predicted molar refractivity (Wildman–Crippen MR) is 108 cm³/mol. The number of nitrogens with zero attached hydrogens (tertiary/aromatic N) is 4. The number of thiophene rings is 1. The highest BCUT2D eigenvalue weighted by Crippen LogP contribution is 2.15. The van der Waals surface area contributed by atoms with Crippen LogP contribution in [0.2, 0.25) is 0 Å². The highest BCUT2D eigenvalue weighted by atomic mass is 32.1. The number of hydrogen-bond acceptors (Lipinski definition) is 4. The first-order valence-electron chi connectivity index (χ1n) is 9.71. The number of hydrogen-bond donors (Lipinski definition) is 2. The molecule has 0 bridgehead atoms. The normalized spacial score (nSPS) is 16.0. The van der Waals surface area contributed by atoms with Crippen LogP contribution >= 0.6 is 11.3 Å². The Labute approximate surface area is 160 Å². The van der Waals surface area contributed by atoms with Crippen molar-refractivity contribution in [2.75, 3.05) is 13.1 Å². The van der Waals surface area contributed by atoms with Crippen LogP contribution in [0.1, 0.15) is 49.6 Å². The minimum absolute atomic E-state index is 0.557. The zero-order chi connectivity index (χ0) is 18.2. The molecule has 1 aliphatic heterocycles. The van der Waals surface area contributed by atoms with Crippen LogP contribution < -0.4 is 10.6 Å². The molecular formula is C19H30N6S. The topological polar surface area (TPSA) is 67.1 Å². The van der Waals surface area contributed by atoms with Crippen molar-refractivity contribution in [3.05, 3.63) is 34.0 Å². The number of guanidine groups is 1. The van der Waals surface area contributed by atoms with E-state index in [2.05, 4.69) is 56.8 Å². The quantitative estimate of drug-likeness (QED) is 0.577. The van der Waals surface area contributed by atoms with Gasteiger partial charge in [-0.2, -0.15) is 0 Å². The number of fused-ring (bicyclic) bond motifs is 1. The average molecular weight is 375 g/mol. The summed E-state index contributed by atoms with van der Waals surface area (Å²) in [7, 11) is 0. The molecule has 2 aromatic rings. The summed E-state index contributed by atoms with van der Waals surface area (Å²) in [5, 5.41) is 17.7. The van der Waals surface area contributed by atoms with Gasteiger partial charge < -0.3 is 15.2 Å². The molecule has 6 nitrogen and oxygen atoms in total. The third kappa shape index (κ3) is 5.30. The van der Waals surface area contributed by atoms with Crippen molar-refractivity contribution in [1.29, 1.82) is 0 Å². The lowest BCUT2D eigenvalue weighted by Gasteiger charge is -2.15. The van der Waals surface area contributed by atoms with Crippen molar-refractivity contribution in [1.82, 2.24) is 25.4 Å². The second kappa shape index (κ2) is 9.71. The monoisotopic (exact) mass is 374 g/mol. The highest BCUT2D eigenvalue weighted by Gasteiger charge is 2.14. The van der Waals surface area contributed by atoms with Crippen molar-refractivity contribution < 1.29 is 0 Å². The van der Waals surface area contributed by atoms with E-state index in [1.807, 2.05) is 11.3 Å². The SMILES string of the molecule is CCNC(=NCc1nnc2n1CCCCC2)NCC(C)Cc1cccs1. The van der Waals surface area contributed by atoms with E-state index in [0.29, 0.717) is 12.5 Å². The molecule has 0 saturated heterocycles. The van der Waals surface area contributed by atoms with Gasteiger partial charge in [0, 0.05) is 30.9 Å². The van der Waals surface area contributed by atoms with Gasteiger partial charge in [0.15, 0.2) is 11.8 Å². The van der Waals surface area contributed by atoms with Crippen LogP contribution in [-0.4, -0.2) is 33.8 Å². The van der Waals surface area contributed by atoms with Gasteiger partial charge in [0.05, 0.1) is 0 Å². The Balaban J connectivity index is 1.56. The number of nitrogens with one attached hydrogen (secondary N) is 2. The maximum Gasteiger partial charge on any atom is 0.191 e. The zero-order valence-corrected chi connectivity index (χ0v) is 16.7. The van der Waals surface area contributed by atoms with Crippen LogP contribution in [0.25, 0.3) is 0 Å². The second-order valence-electron chi connectivity index (χ2n) is 6.96. The fourth-order valence-corrected chi connectivity index (χ4v) is 4.14. The van der Waals surface area contributed by atoms with Gasteiger partial charge >= 0.3 is 0 Å². The number of rotatable bonds is 7. The first-order chi connectivity index (χ1) is 12.8. The second-order valence-corrected chi connectivity index (χ2v) is 7.99. The highest BCUT2D eigenvalue weighted by molar-refractivity contribution is 7.09. The Morgan fingerprint density at radius 2 is 2.23 bits per heavy atom. The molecule has 0 fully saturated rings. The fraction of sp³-hybridized carbons (Fsp3) is 0.632. The zero-order valence-electron chi connectivity index (χ0n) is 15.9. The van der Waals surface area contributed by atoms with Gasteiger partial charge in [0.1, 0.15) is 12.4 Å². The summed E-state index contributed by atoms with van der Waals surface area (Å²) in [5.41, 5.74) is 0. The molecule has 1 aliphatic rings. The maximum atomic E-state index is 4.74. The lowest BCUT2D eigenvalue weighted by Crippen LogP contribution is -2.39. The molecule has 1 unspecified atom stereocenters. The Morgan fingerprint density at radius 1 is 1.31 bits per heavy atom. The Hall–Kier alpha value is -1.89. The molecule has 1 atom stereocenters. The van der Waals surface area contributed by atoms with Crippen LogP contribution in [0.15, 0.2) is 22.5 Å². The van der Waals surface area contributed by atoms with E-state index in [1.54, 1.807) is 0 Å². The Bertz CT molecular complexity index is 691. The standard InChI is InChI=1S/C19H30N6S/c1-3-20-19(21-13-15(2)12-16-8-7-11-26-16)22-14-18-24-23-17-9-5-4-6-10-25(17)18/h7-8,11,15H,3-6,9-10,12-14H2,1-2H3,(H2,20,21,22). The number of aliphatic imine (C=N–C) groups is 1. The van der Waals surface area contributed by atoms with E-state index in [4.69, 9.17) is 4.99 Å². The molecule has 2 aromatic heterocycles. The summed E-state index contributed by atoms with van der Waals surface area (Å²) < 4.78 is 2.26. The molecule has 0 amide bonds. The lowest BCUT2D eigenvalue weighted by molar-refractivity contribution is 0.561. The Kier molecular flexibility index (Phi) is 7.05. The minimum atomic E-state index is 0.557. The van der Waals surface area contributed by atoms with Gasteiger partial charge in [-0.05, 0) is 43.6 Å². The summed E-state index contributed by atoms with van der Waals surface area (Å²) in [6, 6.07) is 4.32. The summed E-state index contributed by atoms with van der Waals surface area (Å²) in [6.07, 6.45) is 5.84. The molecule has 2 N–H and O–H groups in total. The summed E-state index contributed by atoms with van der Waals surface area (Å²) >= 11 is 1.83. The molecule has 7 heteroatoms. The number of aromatic nitrogens is 3. The van der Waals surface area contributed by atoms with E-state index in [9.17, 15) is 0 Å². The third-order valence-electron chi connectivity index (χ3n) is 4.66. The van der Waals surface area contributed by atoms with Gasteiger partial charge in [-0.3, -0.25) is 0 Å². The van der Waals surface area contributed by atoms with Crippen molar-refractivity contribution in [3.63, 3.8) is 0 Å². The average Bonchev–Trinajstić information content (AvgIpc) is 3.21. The van der Waals surface area contributed by atoms with Crippen LogP contribution in [0.5, 0.6) is 0 Å². The molecule has 0 radical (unpaired) electrons. The van der Waals surface area contributed by atoms with Gasteiger partial charge in [-0.15, -0.1) is 21.5 Å². The van der Waals surface area contributed by atoms with Crippen molar-refractivity contribution in [3.8, 4) is 0 Å². The van der Waals surface area contributed by atoms with Crippen molar-refractivity contribution in [2.24, 2.45) is 10.9 Å². The van der Waals surface area contributed by atoms with E-state index >= 15 is 0 Å². The smallest absolute Gasteiger partial charge is 0.191 e. The van der Waals surface area contributed by atoms with Gasteiger partial charge in [-0.25, -0.2) is 4.99 Å². The van der Waals surface area contributed by atoms with Crippen LogP contribution in [0.4, 0.5) is 0 Å². The molecule has 142 valence electrons. The number of aryl methyl sites for hydroxylation is 1. The largest absolute Gasteiger partial charge is 0.357 e. The molecular weight excluding hydrogens is 344 g/mol. The van der Waals surface area contributed by atoms with Gasteiger partial charge in [-0.1, -0.05) is 19.4 Å². The van der Waals surface area contributed by atoms with E-state index in [0.717, 1.165) is 50.1 Å². The van der Waals surface area contributed by atoms with E-state index in [1.165, 1.54) is 24.1 Å². The first kappa shape index (κ1) is 18.9. The molecule has 3 rings (SSSR count). The summed E-state index contributed by atoms with van der Waals surface area (Å²) in [5.74, 6) is 3.51. The maximum absolute atomic E-state index is 4.74. The molecule has 3 heterocycles. The van der Waals surface area contributed by atoms with Gasteiger partial charge in [0.2, 0.25) is 0 Å². The van der Waals surface area contributed by atoms with Crippen molar-refractivity contribution in [2.45, 2.75) is 59.0 Å². The summed E-state index contributed by atoms with van der Waals surface area (Å²) in [4.78, 5) is 6.17. The Morgan fingerprint density at radius 3 is 3.04 bits per heavy atom. The molecule has 26 heavy (non-hydrogen) atoms. The minimum Gasteiger partial charge on any atom is -0.357 e. The lowest BCUT2D eigenvalue weighted by atomic mass is 10.1. The fourth-order valence-electron chi connectivity index (χ4n) is 3.27. The molecule has 0 aromatic carbocycles. The predicted octanol–water partition coefficient (Wildman–Crippen LogP) is 3.00. The van der Waals surface area contributed by atoms with E-state index < -0.39 is 0 Å². The molecule has 0 aliphatic carbocycles. The van der Waals surface area contributed by atoms with Gasteiger partial charge in [0.25, 0.3) is 0 Å². The van der Waals surface area contributed by atoms with E-state index in [-0.39, 0.29) is 0 Å². The van der Waals surface area contributed by atoms with Crippen LogP contribution in [0.3, 0.4) is 0 Å². The van der Waals surface area contributed by atoms with Crippen LogP contribution in [-0.2, 0) is 25.9 Å². The first-order valence-corrected chi connectivity index (χ1v) is 10.6. The summed E-state index contributed by atoms with van der Waals surface area (Å²) in [6.45, 7) is 7.71. The third-order valence-corrected chi connectivity index (χ3v) is 5.56. The van der Waals surface area contributed by atoms with Crippen LogP contribution in [0, 0.1) is 5.92 Å². The van der Waals surface area contributed by atoms with Crippen molar-refractivity contribution >= 4 is 17.3 Å². The molecule has 0 saturated carbocycles.